The van der Waals surface area contributed by atoms with Crippen molar-refractivity contribution in [2.45, 2.75) is 64.1 Å². The fourth-order valence-corrected chi connectivity index (χ4v) is 5.56. The minimum absolute atomic E-state index is 0.0288. The van der Waals surface area contributed by atoms with Gasteiger partial charge in [0.15, 0.2) is 6.61 Å². The van der Waals surface area contributed by atoms with Gasteiger partial charge in [-0.05, 0) is 48.6 Å². The molecule has 0 aliphatic carbocycles. The summed E-state index contributed by atoms with van der Waals surface area (Å²) in [6.07, 6.45) is 1.53. The van der Waals surface area contributed by atoms with E-state index in [4.69, 9.17) is 9.47 Å². The SMILES string of the molecule is C=C(C)[C@H]1C[C@H](c2ccccc2)[C@H](CC)O[C@@H]1c1cc(C(C)(C)c2ccccc2)ccc1OCC(=O)O. The average molecular weight is 499 g/mol. The molecule has 0 saturated carbocycles. The maximum Gasteiger partial charge on any atom is 0.341 e. The Balaban J connectivity index is 1.79. The first kappa shape index (κ1) is 26.7. The molecule has 4 rings (SSSR count). The lowest BCUT2D eigenvalue weighted by atomic mass is 9.73. The molecule has 194 valence electrons. The van der Waals surface area contributed by atoms with Crippen LogP contribution in [0.3, 0.4) is 0 Å². The third-order valence-corrected chi connectivity index (χ3v) is 7.79. The molecule has 0 amide bonds. The second-order valence-corrected chi connectivity index (χ2v) is 10.6. The van der Waals surface area contributed by atoms with Crippen LogP contribution in [0, 0.1) is 5.92 Å². The van der Waals surface area contributed by atoms with E-state index in [1.807, 2.05) is 24.3 Å². The van der Waals surface area contributed by atoms with Gasteiger partial charge in [0, 0.05) is 22.8 Å². The molecule has 3 aromatic carbocycles. The van der Waals surface area contributed by atoms with Crippen LogP contribution >= 0.6 is 0 Å². The number of rotatable bonds is 9. The predicted molar refractivity (Wildman–Crippen MR) is 148 cm³/mol. The fraction of sp³-hybridized carbons (Fsp3) is 0.364. The lowest BCUT2D eigenvalue weighted by molar-refractivity contribution is -0.139. The summed E-state index contributed by atoms with van der Waals surface area (Å²) < 4.78 is 12.7. The zero-order valence-electron chi connectivity index (χ0n) is 22.3. The molecular weight excluding hydrogens is 460 g/mol. The number of carboxylic acid groups (broad SMARTS) is 1. The summed E-state index contributed by atoms with van der Waals surface area (Å²) in [6.45, 7) is 12.6. The summed E-state index contributed by atoms with van der Waals surface area (Å²) in [5.74, 6) is -0.123. The van der Waals surface area contributed by atoms with Crippen molar-refractivity contribution in [3.05, 3.63) is 113 Å². The summed E-state index contributed by atoms with van der Waals surface area (Å²) in [6, 6.07) is 27.1. The minimum atomic E-state index is -1.00. The van der Waals surface area contributed by atoms with Crippen LogP contribution in [0.5, 0.6) is 5.75 Å². The van der Waals surface area contributed by atoms with Gasteiger partial charge in [-0.15, -0.1) is 0 Å². The maximum absolute atomic E-state index is 11.4. The van der Waals surface area contributed by atoms with E-state index in [0.29, 0.717) is 5.75 Å². The second kappa shape index (κ2) is 11.4. The van der Waals surface area contributed by atoms with E-state index in [1.54, 1.807) is 0 Å². The summed E-state index contributed by atoms with van der Waals surface area (Å²) in [4.78, 5) is 11.4. The van der Waals surface area contributed by atoms with E-state index in [0.717, 1.165) is 29.5 Å². The van der Waals surface area contributed by atoms with E-state index >= 15 is 0 Å². The predicted octanol–water partition coefficient (Wildman–Crippen LogP) is 7.69. The molecule has 1 saturated heterocycles. The number of aliphatic carboxylic acids is 1. The van der Waals surface area contributed by atoms with Crippen molar-refractivity contribution < 1.29 is 19.4 Å². The van der Waals surface area contributed by atoms with Gasteiger partial charge in [-0.25, -0.2) is 4.79 Å². The van der Waals surface area contributed by atoms with Gasteiger partial charge in [-0.1, -0.05) is 99.7 Å². The van der Waals surface area contributed by atoms with Crippen LogP contribution in [0.25, 0.3) is 0 Å². The summed E-state index contributed by atoms with van der Waals surface area (Å²) in [7, 11) is 0. The second-order valence-electron chi connectivity index (χ2n) is 10.6. The van der Waals surface area contributed by atoms with Crippen molar-refractivity contribution in [3.63, 3.8) is 0 Å². The molecule has 0 radical (unpaired) electrons. The lowest BCUT2D eigenvalue weighted by Crippen LogP contribution is -2.36. The van der Waals surface area contributed by atoms with Gasteiger partial charge in [-0.2, -0.15) is 0 Å². The van der Waals surface area contributed by atoms with Crippen molar-refractivity contribution in [1.29, 1.82) is 0 Å². The van der Waals surface area contributed by atoms with Gasteiger partial charge in [-0.3, -0.25) is 0 Å². The third kappa shape index (κ3) is 5.80. The van der Waals surface area contributed by atoms with Gasteiger partial charge in [0.25, 0.3) is 0 Å². The first-order valence-corrected chi connectivity index (χ1v) is 13.1. The monoisotopic (exact) mass is 498 g/mol. The lowest BCUT2D eigenvalue weighted by Gasteiger charge is -2.43. The molecular formula is C33H38O4. The summed E-state index contributed by atoms with van der Waals surface area (Å²) in [5.41, 5.74) is 5.29. The minimum Gasteiger partial charge on any atom is -0.482 e. The highest BCUT2D eigenvalue weighted by Gasteiger charge is 2.40. The van der Waals surface area contributed by atoms with Gasteiger partial charge in [0.05, 0.1) is 12.2 Å². The van der Waals surface area contributed by atoms with E-state index in [-0.39, 0.29) is 29.5 Å². The Hall–Kier alpha value is -3.37. The highest BCUT2D eigenvalue weighted by Crippen LogP contribution is 2.49. The first-order valence-electron chi connectivity index (χ1n) is 13.1. The molecule has 1 aliphatic heterocycles. The molecule has 0 aromatic heterocycles. The molecule has 0 unspecified atom stereocenters. The Morgan fingerprint density at radius 1 is 1.03 bits per heavy atom. The maximum atomic E-state index is 11.4. The van der Waals surface area contributed by atoms with Crippen molar-refractivity contribution >= 4 is 5.97 Å². The Morgan fingerprint density at radius 2 is 1.68 bits per heavy atom. The fourth-order valence-electron chi connectivity index (χ4n) is 5.56. The van der Waals surface area contributed by atoms with Gasteiger partial charge in [0.1, 0.15) is 5.75 Å². The number of benzene rings is 3. The Kier molecular flexibility index (Phi) is 8.19. The standard InChI is InChI=1S/C33H38O4/c1-6-29-27(23-13-9-7-10-14-23)20-26(22(2)3)32(37-29)28-19-25(17-18-30(28)36-21-31(34)35)33(4,5)24-15-11-8-12-16-24/h7-19,26-27,29,32H,2,6,20-21H2,1,3-5H3,(H,34,35)/t26-,27-,29+,32+/m1/s1. The molecule has 37 heavy (non-hydrogen) atoms. The molecule has 4 heteroatoms. The normalized spacial score (nSPS) is 21.8. The van der Waals surface area contributed by atoms with Crippen molar-refractivity contribution in [2.24, 2.45) is 5.92 Å². The zero-order chi connectivity index (χ0) is 26.6. The van der Waals surface area contributed by atoms with Crippen LogP contribution in [0.2, 0.25) is 0 Å². The molecule has 4 nitrogen and oxygen atoms in total. The van der Waals surface area contributed by atoms with Gasteiger partial charge < -0.3 is 14.6 Å². The molecule has 4 atom stereocenters. The number of carboxylic acids is 1. The van der Waals surface area contributed by atoms with Crippen LogP contribution in [0.4, 0.5) is 0 Å². The van der Waals surface area contributed by atoms with Crippen molar-refractivity contribution in [3.8, 4) is 5.75 Å². The number of hydrogen-bond donors (Lipinski definition) is 1. The Bertz CT molecular complexity index is 1220. The summed E-state index contributed by atoms with van der Waals surface area (Å²) >= 11 is 0. The van der Waals surface area contributed by atoms with Crippen LogP contribution in [0.1, 0.15) is 74.8 Å². The first-order chi connectivity index (χ1) is 17.7. The van der Waals surface area contributed by atoms with E-state index in [1.165, 1.54) is 11.1 Å². The molecule has 1 heterocycles. The molecule has 1 N–H and O–H groups in total. The highest BCUT2D eigenvalue weighted by atomic mass is 16.5. The van der Waals surface area contributed by atoms with Crippen molar-refractivity contribution in [1.82, 2.24) is 0 Å². The van der Waals surface area contributed by atoms with Crippen molar-refractivity contribution in [2.75, 3.05) is 6.61 Å². The molecule has 1 aliphatic rings. The van der Waals surface area contributed by atoms with Crippen LogP contribution < -0.4 is 4.74 Å². The van der Waals surface area contributed by atoms with E-state index < -0.39 is 12.6 Å². The zero-order valence-corrected chi connectivity index (χ0v) is 22.3. The highest BCUT2D eigenvalue weighted by molar-refractivity contribution is 5.68. The topological polar surface area (TPSA) is 55.8 Å². The van der Waals surface area contributed by atoms with E-state index in [2.05, 4.69) is 88.9 Å². The number of hydrogen-bond acceptors (Lipinski definition) is 3. The van der Waals surface area contributed by atoms with Crippen LogP contribution in [-0.4, -0.2) is 23.8 Å². The van der Waals surface area contributed by atoms with Crippen LogP contribution in [-0.2, 0) is 14.9 Å². The molecule has 1 fully saturated rings. The molecule has 0 bridgehead atoms. The average Bonchev–Trinajstić information content (AvgIpc) is 2.91. The van der Waals surface area contributed by atoms with E-state index in [9.17, 15) is 9.90 Å². The third-order valence-electron chi connectivity index (χ3n) is 7.79. The number of ether oxygens (including phenoxy) is 2. The molecule has 3 aromatic rings. The largest absolute Gasteiger partial charge is 0.482 e. The Morgan fingerprint density at radius 3 is 2.27 bits per heavy atom. The quantitative estimate of drug-likeness (QED) is 0.307. The number of carbonyl (C=O) groups is 1. The molecule has 0 spiro atoms. The van der Waals surface area contributed by atoms with Gasteiger partial charge in [0.2, 0.25) is 0 Å². The van der Waals surface area contributed by atoms with Gasteiger partial charge >= 0.3 is 5.97 Å². The smallest absolute Gasteiger partial charge is 0.341 e. The Labute approximate surface area is 221 Å². The van der Waals surface area contributed by atoms with Crippen LogP contribution in [0.15, 0.2) is 91.0 Å². The summed E-state index contributed by atoms with van der Waals surface area (Å²) in [5, 5.41) is 9.32.